The zero-order valence-electron chi connectivity index (χ0n) is 9.07. The van der Waals surface area contributed by atoms with Gasteiger partial charge in [0.15, 0.2) is 0 Å². The maximum absolute atomic E-state index is 11.4. The number of methoxy groups -OCH3 is 1. The van der Waals surface area contributed by atoms with Crippen molar-refractivity contribution in [2.45, 2.75) is 0 Å². The molecule has 0 bridgehead atoms. The number of ether oxygens (including phenoxy) is 1. The molecule has 16 heavy (non-hydrogen) atoms. The first-order valence-corrected chi connectivity index (χ1v) is 5.73. The Bertz CT molecular complexity index is 389. The fraction of sp³-hybridized carbons (Fsp3) is 0.273. The van der Waals surface area contributed by atoms with Gasteiger partial charge in [-0.25, -0.2) is 4.79 Å². The van der Waals surface area contributed by atoms with Crippen molar-refractivity contribution in [1.29, 1.82) is 0 Å². The molecule has 0 heterocycles. The second-order valence-corrected chi connectivity index (χ2v) is 3.69. The van der Waals surface area contributed by atoms with Gasteiger partial charge in [0.2, 0.25) is 5.91 Å². The van der Waals surface area contributed by atoms with Crippen LogP contribution in [0, 0.1) is 0 Å². The fourth-order valence-electron chi connectivity index (χ4n) is 1.17. The number of alkyl halides is 1. The Labute approximate surface area is 102 Å². The number of hydrogen-bond donors (Lipinski definition) is 0. The highest BCUT2D eigenvalue weighted by atomic mass is 79.9. The maximum atomic E-state index is 11.4. The Morgan fingerprint density at radius 1 is 1.31 bits per heavy atom. The molecular formula is C11H12BrNO3. The molecule has 0 unspecified atom stereocenters. The van der Waals surface area contributed by atoms with E-state index in [9.17, 15) is 9.59 Å². The highest BCUT2D eigenvalue weighted by molar-refractivity contribution is 9.09. The van der Waals surface area contributed by atoms with E-state index < -0.39 is 0 Å². The van der Waals surface area contributed by atoms with Gasteiger partial charge in [-0.1, -0.05) is 15.9 Å². The summed E-state index contributed by atoms with van der Waals surface area (Å²) in [6.45, 7) is 0. The molecule has 4 nitrogen and oxygen atoms in total. The van der Waals surface area contributed by atoms with E-state index >= 15 is 0 Å². The number of amides is 1. The summed E-state index contributed by atoms with van der Waals surface area (Å²) in [5.41, 5.74) is 1.20. The van der Waals surface area contributed by atoms with Gasteiger partial charge in [-0.15, -0.1) is 0 Å². The summed E-state index contributed by atoms with van der Waals surface area (Å²) in [5, 5.41) is 0.266. The Kier molecular flexibility index (Phi) is 4.49. The molecule has 0 spiro atoms. The van der Waals surface area contributed by atoms with Crippen LogP contribution in [0.25, 0.3) is 0 Å². The number of rotatable bonds is 3. The van der Waals surface area contributed by atoms with Crippen molar-refractivity contribution in [1.82, 2.24) is 0 Å². The smallest absolute Gasteiger partial charge is 0.337 e. The molecule has 0 saturated heterocycles. The lowest BCUT2D eigenvalue weighted by Gasteiger charge is -2.15. The monoisotopic (exact) mass is 285 g/mol. The van der Waals surface area contributed by atoms with Crippen molar-refractivity contribution in [3.63, 3.8) is 0 Å². The Morgan fingerprint density at radius 3 is 2.31 bits per heavy atom. The van der Waals surface area contributed by atoms with Crippen molar-refractivity contribution >= 4 is 33.5 Å². The van der Waals surface area contributed by atoms with Crippen LogP contribution in [0.2, 0.25) is 0 Å². The summed E-state index contributed by atoms with van der Waals surface area (Å²) in [6.07, 6.45) is 0. The molecule has 1 amide bonds. The van der Waals surface area contributed by atoms with Crippen molar-refractivity contribution in [3.8, 4) is 0 Å². The number of nitrogens with zero attached hydrogens (tertiary/aromatic N) is 1. The summed E-state index contributed by atoms with van der Waals surface area (Å²) in [5.74, 6) is -0.438. The summed E-state index contributed by atoms with van der Waals surface area (Å²) >= 11 is 3.10. The molecule has 0 saturated carbocycles. The number of hydrogen-bond acceptors (Lipinski definition) is 3. The molecule has 0 aliphatic rings. The summed E-state index contributed by atoms with van der Waals surface area (Å²) < 4.78 is 4.58. The SMILES string of the molecule is COC(=O)c1ccc(N(C)C(=O)CBr)cc1. The lowest BCUT2D eigenvalue weighted by molar-refractivity contribution is -0.115. The van der Waals surface area contributed by atoms with Gasteiger partial charge in [0.1, 0.15) is 0 Å². The highest BCUT2D eigenvalue weighted by Crippen LogP contribution is 2.14. The van der Waals surface area contributed by atoms with Gasteiger partial charge in [0.05, 0.1) is 18.0 Å². The Hall–Kier alpha value is -1.36. The number of carbonyl (C=O) groups excluding carboxylic acids is 2. The van der Waals surface area contributed by atoms with E-state index in [-0.39, 0.29) is 17.2 Å². The predicted molar refractivity (Wildman–Crippen MR) is 65.0 cm³/mol. The number of esters is 1. The lowest BCUT2D eigenvalue weighted by atomic mass is 10.2. The average molecular weight is 286 g/mol. The van der Waals surface area contributed by atoms with Gasteiger partial charge in [-0.2, -0.15) is 0 Å². The molecular weight excluding hydrogens is 274 g/mol. The fourth-order valence-corrected chi connectivity index (χ4v) is 1.55. The molecule has 1 aromatic carbocycles. The van der Waals surface area contributed by atoms with Gasteiger partial charge in [-0.3, -0.25) is 4.79 Å². The molecule has 5 heteroatoms. The van der Waals surface area contributed by atoms with Gasteiger partial charge < -0.3 is 9.64 Å². The minimum Gasteiger partial charge on any atom is -0.465 e. The van der Waals surface area contributed by atoms with Crippen LogP contribution in [0.1, 0.15) is 10.4 Å². The minimum absolute atomic E-state index is 0.0502. The van der Waals surface area contributed by atoms with E-state index in [1.165, 1.54) is 12.0 Å². The Morgan fingerprint density at radius 2 is 1.88 bits per heavy atom. The van der Waals surface area contributed by atoms with Gasteiger partial charge >= 0.3 is 5.97 Å². The van der Waals surface area contributed by atoms with Crippen LogP contribution in [0.15, 0.2) is 24.3 Å². The number of halogens is 1. The van der Waals surface area contributed by atoms with Crippen LogP contribution in [-0.4, -0.2) is 31.4 Å². The third-order valence-electron chi connectivity index (χ3n) is 2.16. The maximum Gasteiger partial charge on any atom is 0.337 e. The molecule has 0 aliphatic heterocycles. The lowest BCUT2D eigenvalue weighted by Crippen LogP contribution is -2.26. The summed E-state index contributed by atoms with van der Waals surface area (Å²) in [6, 6.07) is 6.65. The van der Waals surface area contributed by atoms with Crippen molar-refractivity contribution in [3.05, 3.63) is 29.8 Å². The highest BCUT2D eigenvalue weighted by Gasteiger charge is 2.10. The van der Waals surface area contributed by atoms with Crippen LogP contribution < -0.4 is 4.90 Å². The number of anilines is 1. The van der Waals surface area contributed by atoms with E-state index in [1.54, 1.807) is 31.3 Å². The van der Waals surface area contributed by atoms with Crippen LogP contribution in [0.5, 0.6) is 0 Å². The molecule has 86 valence electrons. The van der Waals surface area contributed by atoms with Crippen molar-refractivity contribution in [2.75, 3.05) is 24.4 Å². The van der Waals surface area contributed by atoms with Crippen molar-refractivity contribution < 1.29 is 14.3 Å². The van der Waals surface area contributed by atoms with Crippen molar-refractivity contribution in [2.24, 2.45) is 0 Å². The Balaban J connectivity index is 2.86. The van der Waals surface area contributed by atoms with Crippen LogP contribution in [-0.2, 0) is 9.53 Å². The molecule has 0 aromatic heterocycles. The van der Waals surface area contributed by atoms with E-state index in [0.29, 0.717) is 5.56 Å². The molecule has 0 fully saturated rings. The summed E-state index contributed by atoms with van der Waals surface area (Å²) in [4.78, 5) is 24.1. The third-order valence-corrected chi connectivity index (χ3v) is 2.64. The number of benzene rings is 1. The van der Waals surface area contributed by atoms with Gasteiger partial charge in [-0.05, 0) is 24.3 Å². The average Bonchev–Trinajstić information content (AvgIpc) is 2.36. The van der Waals surface area contributed by atoms with E-state index in [1.807, 2.05) is 0 Å². The van der Waals surface area contributed by atoms with E-state index in [4.69, 9.17) is 0 Å². The molecule has 0 N–H and O–H groups in total. The minimum atomic E-state index is -0.388. The molecule has 1 aromatic rings. The zero-order valence-corrected chi connectivity index (χ0v) is 10.7. The molecule has 0 aliphatic carbocycles. The third kappa shape index (κ3) is 2.82. The molecule has 0 atom stereocenters. The van der Waals surface area contributed by atoms with Gasteiger partial charge in [0, 0.05) is 12.7 Å². The molecule has 0 radical (unpaired) electrons. The predicted octanol–water partition coefficient (Wildman–Crippen LogP) is 1.83. The largest absolute Gasteiger partial charge is 0.465 e. The normalized spacial score (nSPS) is 9.69. The van der Waals surface area contributed by atoms with E-state index in [2.05, 4.69) is 20.7 Å². The quantitative estimate of drug-likeness (QED) is 0.629. The first-order valence-electron chi connectivity index (χ1n) is 4.61. The second-order valence-electron chi connectivity index (χ2n) is 3.12. The van der Waals surface area contributed by atoms with E-state index in [0.717, 1.165) is 5.69 Å². The number of carbonyl (C=O) groups is 2. The van der Waals surface area contributed by atoms with Crippen LogP contribution in [0.4, 0.5) is 5.69 Å². The van der Waals surface area contributed by atoms with Gasteiger partial charge in [0.25, 0.3) is 0 Å². The summed E-state index contributed by atoms with van der Waals surface area (Å²) in [7, 11) is 3.01. The molecule has 1 rings (SSSR count). The first kappa shape index (κ1) is 12.7. The first-order chi connectivity index (χ1) is 7.60. The van der Waals surface area contributed by atoms with Crippen LogP contribution >= 0.6 is 15.9 Å². The zero-order chi connectivity index (χ0) is 12.1. The van der Waals surface area contributed by atoms with Crippen LogP contribution in [0.3, 0.4) is 0 Å². The standard InChI is InChI=1S/C11H12BrNO3/c1-13(10(14)7-12)9-5-3-8(4-6-9)11(15)16-2/h3-6H,7H2,1-2H3. The topological polar surface area (TPSA) is 46.6 Å². The second kappa shape index (κ2) is 5.65.